The number of unbranched alkanes of at least 4 members (excludes halogenated alkanes) is 1. The Labute approximate surface area is 117 Å². The fraction of sp³-hybridized carbons (Fsp3) is 1.00. The van der Waals surface area contributed by atoms with Gasteiger partial charge in [0.2, 0.25) is 0 Å². The quantitative estimate of drug-likeness (QED) is 0.802. The molecule has 3 fully saturated rings. The molecule has 0 amide bonds. The molecule has 0 bridgehead atoms. The first-order chi connectivity index (χ1) is 9.00. The van der Waals surface area contributed by atoms with Crippen LogP contribution >= 0.6 is 0 Å². The van der Waals surface area contributed by atoms with Crippen molar-refractivity contribution in [1.82, 2.24) is 4.90 Å². The molecule has 19 heavy (non-hydrogen) atoms. The van der Waals surface area contributed by atoms with Gasteiger partial charge in [-0.05, 0) is 32.2 Å². The van der Waals surface area contributed by atoms with E-state index in [-0.39, 0.29) is 11.0 Å². The lowest BCUT2D eigenvalue weighted by atomic mass is 9.48. The third-order valence-electron chi connectivity index (χ3n) is 5.99. The minimum absolute atomic E-state index is 0.0372. The predicted octanol–water partition coefficient (Wildman–Crippen LogP) is 2.39. The summed E-state index contributed by atoms with van der Waals surface area (Å²) in [6.07, 6.45) is 6.91. The Morgan fingerprint density at radius 1 is 1.26 bits per heavy atom. The van der Waals surface area contributed by atoms with Gasteiger partial charge in [-0.2, -0.15) is 0 Å². The van der Waals surface area contributed by atoms with Crippen LogP contribution in [0.25, 0.3) is 0 Å². The van der Waals surface area contributed by atoms with E-state index in [1.165, 1.54) is 32.2 Å². The zero-order valence-electron chi connectivity index (χ0n) is 12.8. The molecule has 0 aromatic rings. The van der Waals surface area contributed by atoms with Gasteiger partial charge in [0.1, 0.15) is 0 Å². The number of ether oxygens (including phenoxy) is 1. The van der Waals surface area contributed by atoms with Crippen LogP contribution in [-0.4, -0.2) is 42.3 Å². The number of fused-ring (bicyclic) bond motifs is 1. The largest absolute Gasteiger partial charge is 0.377 e. The van der Waals surface area contributed by atoms with Crippen LogP contribution in [0.4, 0.5) is 0 Å². The monoisotopic (exact) mass is 266 g/mol. The average molecular weight is 266 g/mol. The highest BCUT2D eigenvalue weighted by molar-refractivity contribution is 5.22. The van der Waals surface area contributed by atoms with Gasteiger partial charge in [0.25, 0.3) is 0 Å². The van der Waals surface area contributed by atoms with Crippen LogP contribution in [-0.2, 0) is 4.74 Å². The molecule has 0 aromatic carbocycles. The SMILES string of the molecule is CCCCN(CC1(N)C2CCOC2C1(C)C)C1CC1. The molecular formula is C16H30N2O. The van der Waals surface area contributed by atoms with Crippen molar-refractivity contribution >= 4 is 0 Å². The maximum atomic E-state index is 6.88. The molecule has 3 unspecified atom stereocenters. The number of rotatable bonds is 6. The summed E-state index contributed by atoms with van der Waals surface area (Å²) in [5.74, 6) is 0.588. The molecule has 110 valence electrons. The summed E-state index contributed by atoms with van der Waals surface area (Å²) in [6, 6.07) is 0.823. The molecular weight excluding hydrogens is 236 g/mol. The highest BCUT2D eigenvalue weighted by atomic mass is 16.5. The van der Waals surface area contributed by atoms with Gasteiger partial charge in [-0.15, -0.1) is 0 Å². The Morgan fingerprint density at radius 3 is 2.63 bits per heavy atom. The highest BCUT2D eigenvalue weighted by Gasteiger charge is 2.68. The van der Waals surface area contributed by atoms with Crippen LogP contribution in [0.5, 0.6) is 0 Å². The third-order valence-corrected chi connectivity index (χ3v) is 5.99. The van der Waals surface area contributed by atoms with Crippen molar-refractivity contribution in [2.45, 2.75) is 70.6 Å². The first-order valence-corrected chi connectivity index (χ1v) is 8.15. The lowest BCUT2D eigenvalue weighted by Gasteiger charge is -2.63. The van der Waals surface area contributed by atoms with Crippen molar-refractivity contribution in [2.75, 3.05) is 19.7 Å². The molecule has 2 N–H and O–H groups in total. The van der Waals surface area contributed by atoms with Crippen molar-refractivity contribution in [2.24, 2.45) is 17.1 Å². The van der Waals surface area contributed by atoms with E-state index in [4.69, 9.17) is 10.5 Å². The first-order valence-electron chi connectivity index (χ1n) is 8.15. The minimum Gasteiger partial charge on any atom is -0.377 e. The molecule has 3 rings (SSSR count). The summed E-state index contributed by atoms with van der Waals surface area (Å²) < 4.78 is 5.90. The maximum absolute atomic E-state index is 6.88. The van der Waals surface area contributed by atoms with Gasteiger partial charge in [-0.3, -0.25) is 4.90 Å². The third kappa shape index (κ3) is 2.05. The molecule has 0 aromatic heterocycles. The Kier molecular flexibility index (Phi) is 3.43. The van der Waals surface area contributed by atoms with Gasteiger partial charge in [0.05, 0.1) is 6.10 Å². The fourth-order valence-electron chi connectivity index (χ4n) is 4.32. The van der Waals surface area contributed by atoms with Crippen molar-refractivity contribution < 1.29 is 4.74 Å². The Bertz CT molecular complexity index is 340. The van der Waals surface area contributed by atoms with Crippen LogP contribution in [0.3, 0.4) is 0 Å². The topological polar surface area (TPSA) is 38.5 Å². The lowest BCUT2D eigenvalue weighted by Crippen LogP contribution is -2.78. The fourth-order valence-corrected chi connectivity index (χ4v) is 4.32. The standard InChI is InChI=1S/C16H30N2O/c1-4-5-9-18(12-6-7-12)11-16(17)13-8-10-19-14(13)15(16,2)3/h12-14H,4-11,17H2,1-3H3. The maximum Gasteiger partial charge on any atom is 0.0691 e. The first kappa shape index (κ1) is 13.8. The second-order valence-electron chi connectivity index (χ2n) is 7.50. The van der Waals surface area contributed by atoms with Crippen molar-refractivity contribution in [3.05, 3.63) is 0 Å². The summed E-state index contributed by atoms with van der Waals surface area (Å²) in [4.78, 5) is 2.68. The second kappa shape index (κ2) is 4.71. The van der Waals surface area contributed by atoms with E-state index in [1.807, 2.05) is 0 Å². The zero-order valence-corrected chi connectivity index (χ0v) is 12.8. The average Bonchev–Trinajstić information content (AvgIpc) is 3.10. The van der Waals surface area contributed by atoms with Gasteiger partial charge in [-0.1, -0.05) is 27.2 Å². The van der Waals surface area contributed by atoms with Crippen LogP contribution in [0.1, 0.15) is 52.9 Å². The number of nitrogens with two attached hydrogens (primary N) is 1. The summed E-state index contributed by atoms with van der Waals surface area (Å²) in [5, 5.41) is 0. The van der Waals surface area contributed by atoms with Crippen LogP contribution in [0.2, 0.25) is 0 Å². The molecule has 0 spiro atoms. The molecule has 2 aliphatic carbocycles. The number of hydrogen-bond acceptors (Lipinski definition) is 3. The van der Waals surface area contributed by atoms with Crippen molar-refractivity contribution in [3.63, 3.8) is 0 Å². The molecule has 3 heteroatoms. The van der Waals surface area contributed by atoms with E-state index in [0.29, 0.717) is 12.0 Å². The van der Waals surface area contributed by atoms with Crippen molar-refractivity contribution in [3.8, 4) is 0 Å². The van der Waals surface area contributed by atoms with Crippen LogP contribution in [0.15, 0.2) is 0 Å². The summed E-state index contributed by atoms with van der Waals surface area (Å²) >= 11 is 0. The smallest absolute Gasteiger partial charge is 0.0691 e. The Balaban J connectivity index is 1.69. The normalized spacial score (nSPS) is 40.3. The predicted molar refractivity (Wildman–Crippen MR) is 78.0 cm³/mol. The van der Waals surface area contributed by atoms with E-state index < -0.39 is 0 Å². The second-order valence-corrected chi connectivity index (χ2v) is 7.50. The molecule has 1 saturated heterocycles. The van der Waals surface area contributed by atoms with Crippen molar-refractivity contribution in [1.29, 1.82) is 0 Å². The number of nitrogens with zero attached hydrogens (tertiary/aromatic N) is 1. The molecule has 1 heterocycles. The molecule has 3 aliphatic rings. The Morgan fingerprint density at radius 2 is 2.00 bits per heavy atom. The summed E-state index contributed by atoms with van der Waals surface area (Å²) in [5.41, 5.74) is 6.98. The van der Waals surface area contributed by atoms with E-state index >= 15 is 0 Å². The van der Waals surface area contributed by atoms with E-state index in [1.54, 1.807) is 0 Å². The van der Waals surface area contributed by atoms with Gasteiger partial charge in [0.15, 0.2) is 0 Å². The van der Waals surface area contributed by atoms with Gasteiger partial charge < -0.3 is 10.5 Å². The summed E-state index contributed by atoms with van der Waals surface area (Å²) in [7, 11) is 0. The molecule has 1 aliphatic heterocycles. The van der Waals surface area contributed by atoms with Gasteiger partial charge in [-0.25, -0.2) is 0 Å². The van der Waals surface area contributed by atoms with Crippen LogP contribution < -0.4 is 5.73 Å². The van der Waals surface area contributed by atoms with E-state index in [0.717, 1.165) is 25.6 Å². The van der Waals surface area contributed by atoms with Crippen LogP contribution in [0, 0.1) is 11.3 Å². The summed E-state index contributed by atoms with van der Waals surface area (Å²) in [6.45, 7) is 10.1. The molecule has 0 radical (unpaired) electrons. The lowest BCUT2D eigenvalue weighted by molar-refractivity contribution is -0.163. The Hall–Kier alpha value is -0.120. The zero-order chi connectivity index (χ0) is 13.7. The minimum atomic E-state index is -0.0372. The molecule has 3 nitrogen and oxygen atoms in total. The van der Waals surface area contributed by atoms with Gasteiger partial charge >= 0.3 is 0 Å². The molecule has 2 saturated carbocycles. The number of hydrogen-bond donors (Lipinski definition) is 1. The van der Waals surface area contributed by atoms with E-state index in [9.17, 15) is 0 Å². The molecule has 3 atom stereocenters. The van der Waals surface area contributed by atoms with E-state index in [2.05, 4.69) is 25.7 Å². The highest BCUT2D eigenvalue weighted by Crippen LogP contribution is 2.58. The van der Waals surface area contributed by atoms with Gasteiger partial charge in [0, 0.05) is 36.1 Å².